The number of hydrogen-bond donors (Lipinski definition) is 2. The quantitative estimate of drug-likeness (QED) is 0.710. The van der Waals surface area contributed by atoms with Crippen molar-refractivity contribution in [3.63, 3.8) is 0 Å². The summed E-state index contributed by atoms with van der Waals surface area (Å²) in [6.07, 6.45) is 7.64. The van der Waals surface area contributed by atoms with Gasteiger partial charge in [-0.05, 0) is 71.9 Å². The Morgan fingerprint density at radius 1 is 1.04 bits per heavy atom. The number of nitrogens with zero attached hydrogens (tertiary/aromatic N) is 2. The molecule has 5 nitrogen and oxygen atoms in total. The monoisotopic (exact) mass is 404 g/mol. The van der Waals surface area contributed by atoms with Crippen molar-refractivity contribution >= 4 is 43.1 Å². The van der Waals surface area contributed by atoms with Crippen LogP contribution >= 0.6 is 37.2 Å². The second-order valence-corrected chi connectivity index (χ2v) is 6.74. The number of amides is 1. The van der Waals surface area contributed by atoms with Gasteiger partial charge in [-0.2, -0.15) is 0 Å². The van der Waals surface area contributed by atoms with Crippen LogP contribution in [-0.2, 0) is 4.79 Å². The van der Waals surface area contributed by atoms with E-state index in [1.54, 1.807) is 0 Å². The van der Waals surface area contributed by atoms with E-state index in [1.165, 1.54) is 45.2 Å². The SMILES string of the molecule is CN1CCC(CNC(=O)CCCN)(N2CCCCC2)CC1.Cl.Cl.Cl. The van der Waals surface area contributed by atoms with E-state index in [9.17, 15) is 4.79 Å². The predicted octanol–water partition coefficient (Wildman–Crippen LogP) is 2.06. The van der Waals surface area contributed by atoms with Gasteiger partial charge in [0.25, 0.3) is 0 Å². The molecule has 0 radical (unpaired) electrons. The van der Waals surface area contributed by atoms with Crippen molar-refractivity contribution in [2.24, 2.45) is 5.73 Å². The lowest BCUT2D eigenvalue weighted by molar-refractivity contribution is -0.122. The fraction of sp³-hybridized carbons (Fsp3) is 0.938. The molecule has 0 aromatic heterocycles. The number of nitrogens with two attached hydrogens (primary N) is 1. The van der Waals surface area contributed by atoms with Crippen molar-refractivity contribution in [1.29, 1.82) is 0 Å². The van der Waals surface area contributed by atoms with Crippen LogP contribution in [0.1, 0.15) is 44.9 Å². The molecule has 0 bridgehead atoms. The molecule has 0 aromatic rings. The Kier molecular flexibility index (Phi) is 14.8. The molecule has 24 heavy (non-hydrogen) atoms. The number of rotatable bonds is 6. The fourth-order valence-corrected chi connectivity index (χ4v) is 3.62. The zero-order valence-electron chi connectivity index (χ0n) is 14.8. The summed E-state index contributed by atoms with van der Waals surface area (Å²) in [4.78, 5) is 17.0. The van der Waals surface area contributed by atoms with Gasteiger partial charge in [-0.15, -0.1) is 37.2 Å². The Balaban J connectivity index is 0. The summed E-state index contributed by atoms with van der Waals surface area (Å²) in [7, 11) is 2.19. The van der Waals surface area contributed by atoms with Crippen LogP contribution in [0.4, 0.5) is 0 Å². The average Bonchev–Trinajstić information content (AvgIpc) is 2.53. The Labute approximate surface area is 165 Å². The maximum Gasteiger partial charge on any atom is 0.220 e. The highest BCUT2D eigenvalue weighted by atomic mass is 35.5. The second kappa shape index (κ2) is 13.4. The molecule has 0 unspecified atom stereocenters. The molecule has 0 aromatic carbocycles. The van der Waals surface area contributed by atoms with Crippen molar-refractivity contribution in [2.75, 3.05) is 46.3 Å². The van der Waals surface area contributed by atoms with Gasteiger partial charge in [-0.1, -0.05) is 6.42 Å². The summed E-state index contributed by atoms with van der Waals surface area (Å²) in [6, 6.07) is 0. The van der Waals surface area contributed by atoms with Crippen molar-refractivity contribution < 1.29 is 4.79 Å². The highest BCUT2D eigenvalue weighted by Crippen LogP contribution is 2.30. The molecule has 0 spiro atoms. The molecule has 2 aliphatic rings. The molecule has 2 heterocycles. The number of nitrogens with one attached hydrogen (secondary N) is 1. The summed E-state index contributed by atoms with van der Waals surface area (Å²) in [5.74, 6) is 0.163. The fourth-order valence-electron chi connectivity index (χ4n) is 3.62. The minimum absolute atomic E-state index is 0. The molecule has 0 aliphatic carbocycles. The Morgan fingerprint density at radius 2 is 1.62 bits per heavy atom. The van der Waals surface area contributed by atoms with E-state index in [1.807, 2.05) is 0 Å². The molecule has 2 fully saturated rings. The van der Waals surface area contributed by atoms with Crippen LogP contribution in [0.3, 0.4) is 0 Å². The Bertz CT molecular complexity index is 333. The van der Waals surface area contributed by atoms with E-state index >= 15 is 0 Å². The summed E-state index contributed by atoms with van der Waals surface area (Å²) >= 11 is 0. The average molecular weight is 406 g/mol. The Hall–Kier alpha value is 0.220. The number of likely N-dealkylation sites (tertiary alicyclic amines) is 2. The van der Waals surface area contributed by atoms with Gasteiger partial charge in [-0.3, -0.25) is 9.69 Å². The maximum atomic E-state index is 11.9. The van der Waals surface area contributed by atoms with Gasteiger partial charge in [0.1, 0.15) is 0 Å². The summed E-state index contributed by atoms with van der Waals surface area (Å²) in [5, 5.41) is 3.19. The number of carbonyl (C=O) groups excluding carboxylic acids is 1. The third kappa shape index (κ3) is 7.63. The first kappa shape index (κ1) is 26.4. The van der Waals surface area contributed by atoms with Crippen LogP contribution in [0, 0.1) is 0 Å². The van der Waals surface area contributed by atoms with Gasteiger partial charge in [0, 0.05) is 18.5 Å². The van der Waals surface area contributed by atoms with Crippen LogP contribution in [-0.4, -0.2) is 67.6 Å². The highest BCUT2D eigenvalue weighted by Gasteiger charge is 2.39. The number of carbonyl (C=O) groups is 1. The molecular formula is C16H35Cl3N4O. The first-order valence-electron chi connectivity index (χ1n) is 8.57. The molecular weight excluding hydrogens is 371 g/mol. The van der Waals surface area contributed by atoms with Crippen LogP contribution in [0.5, 0.6) is 0 Å². The molecule has 2 saturated heterocycles. The van der Waals surface area contributed by atoms with Crippen molar-refractivity contribution in [1.82, 2.24) is 15.1 Å². The van der Waals surface area contributed by atoms with Gasteiger partial charge in [0.15, 0.2) is 0 Å². The van der Waals surface area contributed by atoms with Crippen LogP contribution in [0.2, 0.25) is 0 Å². The first-order valence-corrected chi connectivity index (χ1v) is 8.57. The third-order valence-corrected chi connectivity index (χ3v) is 5.17. The van der Waals surface area contributed by atoms with Gasteiger partial charge in [0.05, 0.1) is 0 Å². The van der Waals surface area contributed by atoms with E-state index in [0.717, 1.165) is 26.1 Å². The lowest BCUT2D eigenvalue weighted by Gasteiger charge is -2.50. The van der Waals surface area contributed by atoms with Crippen LogP contribution in [0.15, 0.2) is 0 Å². The molecule has 0 atom stereocenters. The number of halogens is 3. The van der Waals surface area contributed by atoms with Gasteiger partial charge >= 0.3 is 0 Å². The summed E-state index contributed by atoms with van der Waals surface area (Å²) < 4.78 is 0. The van der Waals surface area contributed by atoms with Gasteiger partial charge in [0.2, 0.25) is 5.91 Å². The molecule has 8 heteroatoms. The molecule has 146 valence electrons. The maximum absolute atomic E-state index is 11.9. The van der Waals surface area contributed by atoms with E-state index in [2.05, 4.69) is 22.2 Å². The first-order chi connectivity index (χ1) is 10.2. The zero-order valence-corrected chi connectivity index (χ0v) is 17.2. The van der Waals surface area contributed by atoms with E-state index in [0.29, 0.717) is 13.0 Å². The normalized spacial score (nSPS) is 20.9. The largest absolute Gasteiger partial charge is 0.354 e. The molecule has 2 aliphatic heterocycles. The van der Waals surface area contributed by atoms with E-state index in [-0.39, 0.29) is 48.7 Å². The standard InChI is InChI=1S/C16H32N4O.3ClH/c1-19-12-7-16(8-13-19,20-10-3-2-4-11-20)14-18-15(21)6-5-9-17;;;/h2-14,17H2,1H3,(H,18,21);3*1H. The van der Waals surface area contributed by atoms with Crippen molar-refractivity contribution in [3.05, 3.63) is 0 Å². The van der Waals surface area contributed by atoms with Crippen LogP contribution < -0.4 is 11.1 Å². The van der Waals surface area contributed by atoms with Crippen molar-refractivity contribution in [3.8, 4) is 0 Å². The smallest absolute Gasteiger partial charge is 0.220 e. The van der Waals surface area contributed by atoms with E-state index in [4.69, 9.17) is 5.73 Å². The van der Waals surface area contributed by atoms with E-state index < -0.39 is 0 Å². The molecule has 0 saturated carbocycles. The molecule has 2 rings (SSSR count). The van der Waals surface area contributed by atoms with Gasteiger partial charge in [-0.25, -0.2) is 0 Å². The lowest BCUT2D eigenvalue weighted by atomic mass is 9.84. The predicted molar refractivity (Wildman–Crippen MR) is 108 cm³/mol. The highest BCUT2D eigenvalue weighted by molar-refractivity contribution is 5.86. The molecule has 1 amide bonds. The van der Waals surface area contributed by atoms with Gasteiger partial charge < -0.3 is 16.0 Å². The lowest BCUT2D eigenvalue weighted by Crippen LogP contribution is -2.61. The van der Waals surface area contributed by atoms with Crippen LogP contribution in [0.25, 0.3) is 0 Å². The third-order valence-electron chi connectivity index (χ3n) is 5.17. The topological polar surface area (TPSA) is 61.6 Å². The van der Waals surface area contributed by atoms with Crippen molar-refractivity contribution in [2.45, 2.75) is 50.5 Å². The summed E-state index contributed by atoms with van der Waals surface area (Å²) in [5.41, 5.74) is 5.67. The number of hydrogen-bond acceptors (Lipinski definition) is 4. The minimum Gasteiger partial charge on any atom is -0.354 e. The minimum atomic E-state index is 0. The Morgan fingerprint density at radius 3 is 2.17 bits per heavy atom. The molecule has 3 N–H and O–H groups in total. The second-order valence-electron chi connectivity index (χ2n) is 6.74. The zero-order chi connectivity index (χ0) is 15.1. The number of piperidine rings is 2. The summed E-state index contributed by atoms with van der Waals surface area (Å²) in [6.45, 7) is 6.06.